The van der Waals surface area contributed by atoms with Gasteiger partial charge in [0.25, 0.3) is 0 Å². The molecule has 5 rings (SSSR count). The predicted octanol–water partition coefficient (Wildman–Crippen LogP) is 4.54. The molecule has 6 nitrogen and oxygen atoms in total. The van der Waals surface area contributed by atoms with Crippen LogP contribution in [0.15, 0.2) is 70.4 Å². The van der Waals surface area contributed by atoms with Crippen molar-refractivity contribution in [1.82, 2.24) is 5.01 Å². The van der Waals surface area contributed by atoms with Gasteiger partial charge in [-0.15, -0.1) is 0 Å². The number of furan rings is 1. The molecule has 0 fully saturated rings. The molecular weight excluding hydrogens is 356 g/mol. The van der Waals surface area contributed by atoms with Gasteiger partial charge in [0.15, 0.2) is 11.5 Å². The summed E-state index contributed by atoms with van der Waals surface area (Å²) in [7, 11) is 3.27. The van der Waals surface area contributed by atoms with Crippen molar-refractivity contribution in [1.29, 1.82) is 0 Å². The maximum Gasteiger partial charge on any atom is 0.217 e. The van der Waals surface area contributed by atoms with Gasteiger partial charge in [0.05, 0.1) is 32.1 Å². The van der Waals surface area contributed by atoms with Crippen LogP contribution in [-0.4, -0.2) is 24.9 Å². The molecule has 0 aliphatic carbocycles. The van der Waals surface area contributed by atoms with Crippen molar-refractivity contribution in [2.24, 2.45) is 5.10 Å². The van der Waals surface area contributed by atoms with Gasteiger partial charge >= 0.3 is 0 Å². The molecule has 2 aromatic carbocycles. The number of methoxy groups -OCH3 is 2. The number of rotatable bonds is 4. The van der Waals surface area contributed by atoms with Crippen molar-refractivity contribution in [3.63, 3.8) is 0 Å². The number of ether oxygens (including phenoxy) is 3. The minimum absolute atomic E-state index is 0.0611. The summed E-state index contributed by atoms with van der Waals surface area (Å²) in [5.41, 5.74) is 2.89. The number of hydrogen-bond donors (Lipinski definition) is 0. The van der Waals surface area contributed by atoms with E-state index in [4.69, 9.17) is 23.7 Å². The third-order valence-electron chi connectivity index (χ3n) is 5.20. The van der Waals surface area contributed by atoms with Crippen molar-refractivity contribution >= 4 is 5.71 Å². The monoisotopic (exact) mass is 376 g/mol. The zero-order chi connectivity index (χ0) is 19.1. The van der Waals surface area contributed by atoms with E-state index < -0.39 is 6.23 Å². The second-order valence-electron chi connectivity index (χ2n) is 6.71. The van der Waals surface area contributed by atoms with E-state index in [1.165, 1.54) is 0 Å². The van der Waals surface area contributed by atoms with Crippen LogP contribution in [0.3, 0.4) is 0 Å². The molecule has 0 amide bonds. The highest BCUT2D eigenvalue weighted by Crippen LogP contribution is 2.49. The van der Waals surface area contributed by atoms with E-state index in [0.717, 1.165) is 34.8 Å². The first-order chi connectivity index (χ1) is 13.8. The number of nitrogens with zero attached hydrogens (tertiary/aromatic N) is 2. The fourth-order valence-electron chi connectivity index (χ4n) is 3.94. The Morgan fingerprint density at radius 1 is 0.964 bits per heavy atom. The molecular formula is C22H20N2O4. The van der Waals surface area contributed by atoms with Crippen molar-refractivity contribution < 1.29 is 18.6 Å². The molecule has 1 aromatic heterocycles. The van der Waals surface area contributed by atoms with Crippen molar-refractivity contribution in [2.75, 3.05) is 14.2 Å². The first kappa shape index (κ1) is 16.7. The number of para-hydroxylation sites is 2. The molecule has 142 valence electrons. The third-order valence-corrected chi connectivity index (χ3v) is 5.20. The standard InChI is InChI=1S/C22H20N2O4/c1-25-20-10-5-8-15(21(20)26-2)22-24-17(14-7-3-4-9-18(14)28-22)13-16(23-24)19-11-6-12-27-19/h3-12,17,22H,13H2,1-2H3. The number of hydrazone groups is 1. The number of benzene rings is 2. The third kappa shape index (κ3) is 2.52. The highest BCUT2D eigenvalue weighted by atomic mass is 16.5. The summed E-state index contributed by atoms with van der Waals surface area (Å²) in [5.74, 6) is 2.95. The Kier molecular flexibility index (Phi) is 3.97. The average molecular weight is 376 g/mol. The first-order valence-corrected chi connectivity index (χ1v) is 9.16. The first-order valence-electron chi connectivity index (χ1n) is 9.16. The van der Waals surface area contributed by atoms with Crippen LogP contribution in [0.2, 0.25) is 0 Å². The summed E-state index contributed by atoms with van der Waals surface area (Å²) in [4.78, 5) is 0. The zero-order valence-corrected chi connectivity index (χ0v) is 15.7. The molecule has 28 heavy (non-hydrogen) atoms. The molecule has 0 spiro atoms. The van der Waals surface area contributed by atoms with Crippen molar-refractivity contribution in [3.8, 4) is 17.2 Å². The van der Waals surface area contributed by atoms with Gasteiger partial charge in [-0.2, -0.15) is 5.10 Å². The summed E-state index contributed by atoms with van der Waals surface area (Å²) in [6.45, 7) is 0. The molecule has 0 saturated heterocycles. The fourth-order valence-corrected chi connectivity index (χ4v) is 3.94. The quantitative estimate of drug-likeness (QED) is 0.669. The van der Waals surface area contributed by atoms with E-state index in [1.54, 1.807) is 20.5 Å². The molecule has 0 bridgehead atoms. The summed E-state index contributed by atoms with van der Waals surface area (Å²) < 4.78 is 23.1. The summed E-state index contributed by atoms with van der Waals surface area (Å²) >= 11 is 0. The minimum atomic E-state index is -0.433. The van der Waals surface area contributed by atoms with Crippen LogP contribution in [0.5, 0.6) is 17.2 Å². The van der Waals surface area contributed by atoms with Crippen LogP contribution in [0.4, 0.5) is 0 Å². The fraction of sp³-hybridized carbons (Fsp3) is 0.227. The molecule has 0 N–H and O–H groups in total. The second kappa shape index (κ2) is 6.64. The van der Waals surface area contributed by atoms with Crippen molar-refractivity contribution in [3.05, 3.63) is 77.7 Å². The maximum atomic E-state index is 6.39. The van der Waals surface area contributed by atoms with E-state index in [9.17, 15) is 0 Å². The molecule has 2 aliphatic heterocycles. The molecule has 2 unspecified atom stereocenters. The van der Waals surface area contributed by atoms with Crippen LogP contribution < -0.4 is 14.2 Å². The smallest absolute Gasteiger partial charge is 0.217 e. The lowest BCUT2D eigenvalue weighted by atomic mass is 9.97. The predicted molar refractivity (Wildman–Crippen MR) is 104 cm³/mol. The Balaban J connectivity index is 1.64. The van der Waals surface area contributed by atoms with Crippen molar-refractivity contribution in [2.45, 2.75) is 18.7 Å². The van der Waals surface area contributed by atoms with Crippen LogP contribution in [0.25, 0.3) is 0 Å². The van der Waals surface area contributed by atoms with E-state index >= 15 is 0 Å². The normalized spacial score (nSPS) is 20.1. The van der Waals surface area contributed by atoms with Gasteiger partial charge in [0, 0.05) is 12.0 Å². The number of hydrogen-bond acceptors (Lipinski definition) is 6. The lowest BCUT2D eigenvalue weighted by Crippen LogP contribution is -2.34. The molecule has 2 aliphatic rings. The van der Waals surface area contributed by atoms with Gasteiger partial charge in [0.1, 0.15) is 17.2 Å². The molecule has 0 radical (unpaired) electrons. The van der Waals surface area contributed by atoms with Gasteiger partial charge in [-0.1, -0.05) is 24.3 Å². The average Bonchev–Trinajstić information content (AvgIpc) is 3.42. The molecule has 0 saturated carbocycles. The van der Waals surface area contributed by atoms with E-state index in [-0.39, 0.29) is 6.04 Å². The van der Waals surface area contributed by atoms with Crippen LogP contribution in [-0.2, 0) is 0 Å². The van der Waals surface area contributed by atoms with E-state index in [2.05, 4.69) is 6.07 Å². The Labute approximate surface area is 162 Å². The van der Waals surface area contributed by atoms with Crippen LogP contribution >= 0.6 is 0 Å². The van der Waals surface area contributed by atoms with Gasteiger partial charge in [-0.05, 0) is 30.3 Å². The van der Waals surface area contributed by atoms with Gasteiger partial charge < -0.3 is 18.6 Å². The Hall–Kier alpha value is -3.41. The summed E-state index contributed by atoms with van der Waals surface area (Å²) in [6, 6.07) is 17.8. The second-order valence-corrected chi connectivity index (χ2v) is 6.71. The van der Waals surface area contributed by atoms with E-state index in [0.29, 0.717) is 11.5 Å². The summed E-state index contributed by atoms with van der Waals surface area (Å²) in [6.07, 6.45) is 1.98. The maximum absolute atomic E-state index is 6.39. The van der Waals surface area contributed by atoms with Crippen LogP contribution in [0, 0.1) is 0 Å². The highest BCUT2D eigenvalue weighted by Gasteiger charge is 2.42. The molecule has 2 atom stereocenters. The SMILES string of the molecule is COc1cccc(C2Oc3ccccc3C3CC(c4ccco4)=NN32)c1OC. The minimum Gasteiger partial charge on any atom is -0.493 e. The highest BCUT2D eigenvalue weighted by molar-refractivity contribution is 5.99. The Morgan fingerprint density at radius 3 is 2.61 bits per heavy atom. The zero-order valence-electron chi connectivity index (χ0n) is 15.7. The Bertz CT molecular complexity index is 1030. The molecule has 6 heteroatoms. The molecule has 3 aromatic rings. The van der Waals surface area contributed by atoms with Gasteiger partial charge in [-0.3, -0.25) is 0 Å². The number of fused-ring (bicyclic) bond motifs is 3. The Morgan fingerprint density at radius 2 is 1.82 bits per heavy atom. The topological polar surface area (TPSA) is 56.4 Å². The largest absolute Gasteiger partial charge is 0.493 e. The lowest BCUT2D eigenvalue weighted by Gasteiger charge is -2.38. The summed E-state index contributed by atoms with van der Waals surface area (Å²) in [5, 5.41) is 6.87. The van der Waals surface area contributed by atoms with Gasteiger partial charge in [0.2, 0.25) is 6.23 Å². The van der Waals surface area contributed by atoms with Gasteiger partial charge in [-0.25, -0.2) is 5.01 Å². The molecule has 3 heterocycles. The van der Waals surface area contributed by atoms with E-state index in [1.807, 2.05) is 53.5 Å². The lowest BCUT2D eigenvalue weighted by molar-refractivity contribution is -0.0205. The van der Waals surface area contributed by atoms with Crippen LogP contribution in [0.1, 0.15) is 35.6 Å².